The highest BCUT2D eigenvalue weighted by Gasteiger charge is 2.20. The van der Waals surface area contributed by atoms with Gasteiger partial charge in [0.15, 0.2) is 0 Å². The lowest BCUT2D eigenvalue weighted by atomic mass is 9.96. The maximum absolute atomic E-state index is 12.2. The Bertz CT molecular complexity index is 512. The number of nitrogens with zero attached hydrogens (tertiary/aromatic N) is 1. The molecule has 0 heterocycles. The summed E-state index contributed by atoms with van der Waals surface area (Å²) in [4.78, 5) is 25.6. The van der Waals surface area contributed by atoms with Crippen molar-refractivity contribution < 1.29 is 14.7 Å². The molecule has 1 aromatic carbocycles. The molecule has 5 nitrogen and oxygen atoms in total. The fraction of sp³-hybridized carbons (Fsp3) is 0.467. The number of amides is 1. The second-order valence-corrected chi connectivity index (χ2v) is 4.91. The summed E-state index contributed by atoms with van der Waals surface area (Å²) in [6.45, 7) is 7.61. The van der Waals surface area contributed by atoms with Crippen LogP contribution in [0, 0.1) is 13.8 Å². The quantitative estimate of drug-likeness (QED) is 0.830. The monoisotopic (exact) mass is 278 g/mol. The summed E-state index contributed by atoms with van der Waals surface area (Å²) in [5.41, 5.74) is 1.62. The number of aromatic carboxylic acids is 1. The van der Waals surface area contributed by atoms with Gasteiger partial charge in [0.25, 0.3) is 5.91 Å². The molecule has 0 bridgehead atoms. The molecule has 110 valence electrons. The summed E-state index contributed by atoms with van der Waals surface area (Å²) < 4.78 is 0. The number of rotatable bonds is 6. The third-order valence-electron chi connectivity index (χ3n) is 3.38. The minimum absolute atomic E-state index is 0.0892. The van der Waals surface area contributed by atoms with Crippen molar-refractivity contribution in [3.05, 3.63) is 34.4 Å². The zero-order chi connectivity index (χ0) is 15.3. The molecule has 0 aliphatic carbocycles. The third kappa shape index (κ3) is 3.81. The number of carboxylic acid groups (broad SMARTS) is 1. The van der Waals surface area contributed by atoms with E-state index < -0.39 is 5.97 Å². The Hall–Kier alpha value is -1.88. The van der Waals surface area contributed by atoms with E-state index in [2.05, 4.69) is 10.2 Å². The van der Waals surface area contributed by atoms with Gasteiger partial charge in [-0.2, -0.15) is 0 Å². The van der Waals surface area contributed by atoms with Gasteiger partial charge in [-0.1, -0.05) is 19.1 Å². The molecule has 0 aliphatic heterocycles. The van der Waals surface area contributed by atoms with Crippen molar-refractivity contribution in [1.82, 2.24) is 10.2 Å². The summed E-state index contributed by atoms with van der Waals surface area (Å²) in [6.07, 6.45) is 0. The molecule has 0 radical (unpaired) electrons. The molecule has 0 aromatic heterocycles. The fourth-order valence-electron chi connectivity index (χ4n) is 1.99. The molecule has 0 saturated heterocycles. The number of aryl methyl sites for hydroxylation is 2. The number of carbonyl (C=O) groups is 2. The van der Waals surface area contributed by atoms with Gasteiger partial charge in [0.05, 0.1) is 11.1 Å². The van der Waals surface area contributed by atoms with E-state index >= 15 is 0 Å². The van der Waals surface area contributed by atoms with Crippen LogP contribution >= 0.6 is 0 Å². The van der Waals surface area contributed by atoms with Crippen LogP contribution in [0.2, 0.25) is 0 Å². The summed E-state index contributed by atoms with van der Waals surface area (Å²) in [5, 5.41) is 12.1. The van der Waals surface area contributed by atoms with Gasteiger partial charge in [0.1, 0.15) is 0 Å². The van der Waals surface area contributed by atoms with Crippen LogP contribution in [0.4, 0.5) is 0 Å². The SMILES string of the molecule is CCN(C)CCNC(=O)c1c(C)ccc(C)c1C(=O)O. The zero-order valence-electron chi connectivity index (χ0n) is 12.5. The van der Waals surface area contributed by atoms with Crippen molar-refractivity contribution in [3.63, 3.8) is 0 Å². The first kappa shape index (κ1) is 16.2. The molecule has 5 heteroatoms. The van der Waals surface area contributed by atoms with Crippen LogP contribution in [0.15, 0.2) is 12.1 Å². The molecule has 20 heavy (non-hydrogen) atoms. The summed E-state index contributed by atoms with van der Waals surface area (Å²) in [5.74, 6) is -1.39. The number of hydrogen-bond acceptors (Lipinski definition) is 3. The summed E-state index contributed by atoms with van der Waals surface area (Å²) in [7, 11) is 1.97. The number of carbonyl (C=O) groups excluding carboxylic acids is 1. The van der Waals surface area contributed by atoms with Crippen molar-refractivity contribution in [1.29, 1.82) is 0 Å². The van der Waals surface area contributed by atoms with Gasteiger partial charge < -0.3 is 15.3 Å². The molecular weight excluding hydrogens is 256 g/mol. The van der Waals surface area contributed by atoms with E-state index in [1.165, 1.54) is 0 Å². The van der Waals surface area contributed by atoms with E-state index in [0.717, 1.165) is 13.1 Å². The first-order valence-electron chi connectivity index (χ1n) is 6.68. The number of hydrogen-bond donors (Lipinski definition) is 2. The van der Waals surface area contributed by atoms with Crippen LogP contribution < -0.4 is 5.32 Å². The number of likely N-dealkylation sites (N-methyl/N-ethyl adjacent to an activating group) is 1. The highest BCUT2D eigenvalue weighted by molar-refractivity contribution is 6.06. The Balaban J connectivity index is 2.92. The average Bonchev–Trinajstić information content (AvgIpc) is 2.40. The molecule has 0 aliphatic rings. The smallest absolute Gasteiger partial charge is 0.336 e. The van der Waals surface area contributed by atoms with Gasteiger partial charge in [0, 0.05) is 13.1 Å². The second-order valence-electron chi connectivity index (χ2n) is 4.91. The zero-order valence-corrected chi connectivity index (χ0v) is 12.5. The predicted octanol–water partition coefficient (Wildman–Crippen LogP) is 1.68. The van der Waals surface area contributed by atoms with Crippen molar-refractivity contribution in [3.8, 4) is 0 Å². The van der Waals surface area contributed by atoms with Gasteiger partial charge in [-0.3, -0.25) is 4.79 Å². The average molecular weight is 278 g/mol. The Morgan fingerprint density at radius 2 is 1.75 bits per heavy atom. The van der Waals surface area contributed by atoms with Gasteiger partial charge in [-0.25, -0.2) is 4.79 Å². The van der Waals surface area contributed by atoms with E-state index in [1.807, 2.05) is 14.0 Å². The van der Waals surface area contributed by atoms with Crippen molar-refractivity contribution in [2.45, 2.75) is 20.8 Å². The minimum Gasteiger partial charge on any atom is -0.478 e. The van der Waals surface area contributed by atoms with Crippen LogP contribution in [0.5, 0.6) is 0 Å². The lowest BCUT2D eigenvalue weighted by molar-refractivity contribution is 0.0690. The summed E-state index contributed by atoms with van der Waals surface area (Å²) >= 11 is 0. The fourth-order valence-corrected chi connectivity index (χ4v) is 1.99. The first-order chi connectivity index (χ1) is 9.38. The van der Waals surface area contributed by atoms with Crippen LogP contribution in [0.1, 0.15) is 38.8 Å². The third-order valence-corrected chi connectivity index (χ3v) is 3.38. The number of nitrogens with one attached hydrogen (secondary N) is 1. The lowest BCUT2D eigenvalue weighted by Gasteiger charge is -2.16. The molecule has 0 fully saturated rings. The van der Waals surface area contributed by atoms with E-state index in [-0.39, 0.29) is 17.0 Å². The first-order valence-corrected chi connectivity index (χ1v) is 6.68. The minimum atomic E-state index is -1.07. The molecule has 1 aromatic rings. The van der Waals surface area contributed by atoms with Gasteiger partial charge in [-0.05, 0) is 38.6 Å². The largest absolute Gasteiger partial charge is 0.478 e. The Labute approximate surface area is 119 Å². The topological polar surface area (TPSA) is 69.6 Å². The van der Waals surface area contributed by atoms with Crippen LogP contribution in [0.3, 0.4) is 0 Å². The van der Waals surface area contributed by atoms with E-state index in [0.29, 0.717) is 17.7 Å². The summed E-state index contributed by atoms with van der Waals surface area (Å²) in [6, 6.07) is 3.50. The van der Waals surface area contributed by atoms with Crippen molar-refractivity contribution in [2.24, 2.45) is 0 Å². The van der Waals surface area contributed by atoms with Gasteiger partial charge in [0.2, 0.25) is 0 Å². The molecule has 0 atom stereocenters. The van der Waals surface area contributed by atoms with Gasteiger partial charge >= 0.3 is 5.97 Å². The normalized spacial score (nSPS) is 10.7. The molecule has 0 unspecified atom stereocenters. The number of carboxylic acids is 1. The maximum atomic E-state index is 12.2. The predicted molar refractivity (Wildman–Crippen MR) is 78.4 cm³/mol. The standard InChI is InChI=1S/C15H22N2O3/c1-5-17(4)9-8-16-14(18)12-10(2)6-7-11(3)13(12)15(19)20/h6-7H,5,8-9H2,1-4H3,(H,16,18)(H,19,20). The van der Waals surface area contributed by atoms with Crippen LogP contribution in [-0.4, -0.2) is 48.6 Å². The van der Waals surface area contributed by atoms with E-state index in [4.69, 9.17) is 0 Å². The highest BCUT2D eigenvalue weighted by atomic mass is 16.4. The molecule has 0 spiro atoms. The Morgan fingerprint density at radius 3 is 2.25 bits per heavy atom. The van der Waals surface area contributed by atoms with Gasteiger partial charge in [-0.15, -0.1) is 0 Å². The molecule has 0 saturated carbocycles. The van der Waals surface area contributed by atoms with Crippen LogP contribution in [-0.2, 0) is 0 Å². The molecule has 2 N–H and O–H groups in total. The maximum Gasteiger partial charge on any atom is 0.336 e. The van der Waals surface area contributed by atoms with E-state index in [1.54, 1.807) is 26.0 Å². The highest BCUT2D eigenvalue weighted by Crippen LogP contribution is 2.18. The van der Waals surface area contributed by atoms with Crippen LogP contribution in [0.25, 0.3) is 0 Å². The molecule has 1 amide bonds. The Morgan fingerprint density at radius 1 is 1.20 bits per heavy atom. The molecule has 1 rings (SSSR count). The lowest BCUT2D eigenvalue weighted by Crippen LogP contribution is -2.34. The van der Waals surface area contributed by atoms with E-state index in [9.17, 15) is 14.7 Å². The Kier molecular flexibility index (Phi) is 5.70. The molecular formula is C15H22N2O3. The van der Waals surface area contributed by atoms with Crippen molar-refractivity contribution in [2.75, 3.05) is 26.7 Å². The van der Waals surface area contributed by atoms with Crippen molar-refractivity contribution >= 4 is 11.9 Å². The second kappa shape index (κ2) is 7.05. The number of benzene rings is 1.